The molecule has 1 aromatic carbocycles. The number of carboxylic acid groups (broad SMARTS) is 1. The van der Waals surface area contributed by atoms with E-state index in [1.165, 1.54) is 0 Å². The number of benzene rings is 1. The molecule has 0 saturated carbocycles. The maximum atomic E-state index is 10.5. The second-order valence-corrected chi connectivity index (χ2v) is 5.65. The van der Waals surface area contributed by atoms with Gasteiger partial charge >= 0.3 is 5.97 Å². The molecular weight excluding hydrogens is 316 g/mol. The van der Waals surface area contributed by atoms with E-state index in [0.29, 0.717) is 6.61 Å². The molecule has 2 rings (SSSR count). The van der Waals surface area contributed by atoms with Crippen LogP contribution in [0.3, 0.4) is 0 Å². The van der Waals surface area contributed by atoms with Crippen LogP contribution < -0.4 is 4.74 Å². The van der Waals surface area contributed by atoms with Crippen molar-refractivity contribution in [1.29, 1.82) is 0 Å². The van der Waals surface area contributed by atoms with Crippen LogP contribution in [0.5, 0.6) is 5.75 Å². The monoisotopic (exact) mass is 326 g/mol. The Morgan fingerprint density at radius 2 is 2.06 bits per heavy atom. The number of carboxylic acids is 1. The van der Waals surface area contributed by atoms with E-state index in [-0.39, 0.29) is 6.42 Å². The molecule has 0 bridgehead atoms. The second kappa shape index (κ2) is 6.02. The third-order valence-corrected chi connectivity index (χ3v) is 3.95. The lowest BCUT2D eigenvalue weighted by molar-refractivity contribution is -0.136. The minimum absolute atomic E-state index is 0.0398. The zero-order valence-corrected chi connectivity index (χ0v) is 11.8. The number of halogens is 1. The van der Waals surface area contributed by atoms with Gasteiger partial charge in [-0.3, -0.25) is 4.79 Å². The topological polar surface area (TPSA) is 46.5 Å². The molecular formula is C13H11BrO3S. The third kappa shape index (κ3) is 3.85. The summed E-state index contributed by atoms with van der Waals surface area (Å²) in [6.07, 6.45) is 0.0398. The van der Waals surface area contributed by atoms with E-state index in [1.54, 1.807) is 35.6 Å². The fourth-order valence-corrected chi connectivity index (χ4v) is 2.82. The molecule has 0 aliphatic heterocycles. The predicted octanol–water partition coefficient (Wildman–Crippen LogP) is 3.72. The highest BCUT2D eigenvalue weighted by atomic mass is 79.9. The van der Waals surface area contributed by atoms with Gasteiger partial charge in [-0.1, -0.05) is 12.1 Å². The number of carbonyl (C=O) groups is 1. The third-order valence-electron chi connectivity index (χ3n) is 2.28. The molecule has 0 aliphatic carbocycles. The zero-order chi connectivity index (χ0) is 13.0. The Bertz CT molecular complexity index is 533. The fourth-order valence-electron chi connectivity index (χ4n) is 1.46. The van der Waals surface area contributed by atoms with Crippen LogP contribution >= 0.6 is 27.3 Å². The first kappa shape index (κ1) is 13.1. The Kier molecular flexibility index (Phi) is 4.38. The minimum Gasteiger partial charge on any atom is -0.488 e. The number of ether oxygens (including phenoxy) is 1. The van der Waals surface area contributed by atoms with Crippen molar-refractivity contribution in [2.24, 2.45) is 0 Å². The van der Waals surface area contributed by atoms with Crippen molar-refractivity contribution in [2.45, 2.75) is 13.0 Å². The quantitative estimate of drug-likeness (QED) is 0.910. The molecule has 0 spiro atoms. The Hall–Kier alpha value is -1.33. The van der Waals surface area contributed by atoms with Gasteiger partial charge in [0, 0.05) is 14.7 Å². The lowest BCUT2D eigenvalue weighted by atomic mass is 10.1. The Morgan fingerprint density at radius 1 is 1.33 bits per heavy atom. The largest absolute Gasteiger partial charge is 0.488 e. The van der Waals surface area contributed by atoms with E-state index in [0.717, 1.165) is 20.7 Å². The molecule has 0 atom stereocenters. The number of thiophene rings is 1. The normalized spacial score (nSPS) is 10.3. The Labute approximate surface area is 117 Å². The first-order chi connectivity index (χ1) is 8.63. The van der Waals surface area contributed by atoms with Gasteiger partial charge in [0.2, 0.25) is 0 Å². The van der Waals surface area contributed by atoms with Crippen LogP contribution in [-0.4, -0.2) is 11.1 Å². The van der Waals surface area contributed by atoms with Crippen molar-refractivity contribution in [3.8, 4) is 5.75 Å². The molecule has 0 saturated heterocycles. The van der Waals surface area contributed by atoms with Gasteiger partial charge in [-0.25, -0.2) is 0 Å². The second-order valence-electron chi connectivity index (χ2n) is 3.73. The van der Waals surface area contributed by atoms with E-state index in [4.69, 9.17) is 9.84 Å². The number of rotatable bonds is 5. The summed E-state index contributed by atoms with van der Waals surface area (Å²) >= 11 is 5.02. The molecule has 1 heterocycles. The van der Waals surface area contributed by atoms with Crippen LogP contribution in [0.1, 0.15) is 10.4 Å². The summed E-state index contributed by atoms with van der Waals surface area (Å²) in [4.78, 5) is 11.7. The molecule has 2 aromatic rings. The van der Waals surface area contributed by atoms with Crippen LogP contribution in [0.2, 0.25) is 0 Å². The lowest BCUT2D eigenvalue weighted by Crippen LogP contribution is -2.00. The highest BCUT2D eigenvalue weighted by Crippen LogP contribution is 2.21. The van der Waals surface area contributed by atoms with Gasteiger partial charge in [-0.15, -0.1) is 11.3 Å². The van der Waals surface area contributed by atoms with Crippen molar-refractivity contribution >= 4 is 33.2 Å². The molecule has 1 aromatic heterocycles. The molecule has 0 radical (unpaired) electrons. The molecule has 1 N–H and O–H groups in total. The number of hydrogen-bond acceptors (Lipinski definition) is 3. The number of hydrogen-bond donors (Lipinski definition) is 1. The molecule has 94 valence electrons. The summed E-state index contributed by atoms with van der Waals surface area (Å²) in [6.45, 7) is 0.522. The van der Waals surface area contributed by atoms with Crippen LogP contribution in [0, 0.1) is 0 Å². The van der Waals surface area contributed by atoms with Gasteiger partial charge in [-0.05, 0) is 39.7 Å². The summed E-state index contributed by atoms with van der Waals surface area (Å²) < 4.78 is 6.67. The SMILES string of the molecule is O=C(O)Cc1ccc(OCc2cc(Br)cs2)cc1. The smallest absolute Gasteiger partial charge is 0.307 e. The predicted molar refractivity (Wildman–Crippen MR) is 74.1 cm³/mol. The van der Waals surface area contributed by atoms with E-state index in [1.807, 2.05) is 11.4 Å². The zero-order valence-electron chi connectivity index (χ0n) is 9.43. The van der Waals surface area contributed by atoms with Gasteiger partial charge in [0.25, 0.3) is 0 Å². The minimum atomic E-state index is -0.827. The molecule has 18 heavy (non-hydrogen) atoms. The van der Waals surface area contributed by atoms with Crippen LogP contribution in [0.4, 0.5) is 0 Å². The van der Waals surface area contributed by atoms with Crippen molar-refractivity contribution in [3.05, 3.63) is 50.6 Å². The summed E-state index contributed by atoms with van der Waals surface area (Å²) in [5.41, 5.74) is 0.772. The molecule has 3 nitrogen and oxygen atoms in total. The van der Waals surface area contributed by atoms with Crippen molar-refractivity contribution in [3.63, 3.8) is 0 Å². The summed E-state index contributed by atoms with van der Waals surface area (Å²) in [5, 5.41) is 10.7. The first-order valence-electron chi connectivity index (χ1n) is 5.30. The summed E-state index contributed by atoms with van der Waals surface area (Å²) in [7, 11) is 0. The van der Waals surface area contributed by atoms with Crippen molar-refractivity contribution in [1.82, 2.24) is 0 Å². The van der Waals surface area contributed by atoms with Crippen LogP contribution in [0.25, 0.3) is 0 Å². The first-order valence-corrected chi connectivity index (χ1v) is 6.97. The Morgan fingerprint density at radius 3 is 2.61 bits per heavy atom. The van der Waals surface area contributed by atoms with Crippen LogP contribution in [-0.2, 0) is 17.8 Å². The highest BCUT2D eigenvalue weighted by Gasteiger charge is 2.02. The van der Waals surface area contributed by atoms with Gasteiger partial charge in [0.05, 0.1) is 6.42 Å². The summed E-state index contributed by atoms with van der Waals surface area (Å²) in [5.74, 6) is -0.0826. The molecule has 5 heteroatoms. The van der Waals surface area contributed by atoms with Gasteiger partial charge in [0.1, 0.15) is 12.4 Å². The average molecular weight is 327 g/mol. The van der Waals surface area contributed by atoms with Crippen LogP contribution in [0.15, 0.2) is 40.2 Å². The van der Waals surface area contributed by atoms with E-state index in [9.17, 15) is 4.79 Å². The molecule has 0 fully saturated rings. The fraction of sp³-hybridized carbons (Fsp3) is 0.154. The standard InChI is InChI=1S/C13H11BrO3S/c14-10-6-12(18-8-10)7-17-11-3-1-9(2-4-11)5-13(15)16/h1-4,6,8H,5,7H2,(H,15,16). The summed E-state index contributed by atoms with van der Waals surface area (Å²) in [6, 6.07) is 9.15. The van der Waals surface area contributed by atoms with Crippen molar-refractivity contribution < 1.29 is 14.6 Å². The molecule has 0 unspecified atom stereocenters. The van der Waals surface area contributed by atoms with E-state index < -0.39 is 5.97 Å². The van der Waals surface area contributed by atoms with Gasteiger partial charge in [-0.2, -0.15) is 0 Å². The van der Waals surface area contributed by atoms with E-state index >= 15 is 0 Å². The van der Waals surface area contributed by atoms with Gasteiger partial charge < -0.3 is 9.84 Å². The number of aliphatic carboxylic acids is 1. The Balaban J connectivity index is 1.92. The van der Waals surface area contributed by atoms with Gasteiger partial charge in [0.15, 0.2) is 0 Å². The maximum Gasteiger partial charge on any atom is 0.307 e. The average Bonchev–Trinajstić information content (AvgIpc) is 2.74. The molecule has 0 aliphatic rings. The van der Waals surface area contributed by atoms with E-state index in [2.05, 4.69) is 15.9 Å². The molecule has 0 amide bonds. The maximum absolute atomic E-state index is 10.5. The van der Waals surface area contributed by atoms with Crippen molar-refractivity contribution in [2.75, 3.05) is 0 Å². The lowest BCUT2D eigenvalue weighted by Gasteiger charge is -2.05. The highest BCUT2D eigenvalue weighted by molar-refractivity contribution is 9.10.